The second-order valence-corrected chi connectivity index (χ2v) is 20.8. The Morgan fingerprint density at radius 3 is 2.33 bits per heavy atom. The number of aliphatic hydroxyl groups is 2. The van der Waals surface area contributed by atoms with Crippen molar-refractivity contribution in [2.75, 3.05) is 6.54 Å². The van der Waals surface area contributed by atoms with Crippen LogP contribution in [0, 0.1) is 33.5 Å². The molecule has 1 aromatic heterocycles. The summed E-state index contributed by atoms with van der Waals surface area (Å²) >= 11 is 6.44. The monoisotopic (exact) mass is 925 g/mol. The number of ketones is 1. The van der Waals surface area contributed by atoms with Crippen LogP contribution in [0.15, 0.2) is 143 Å². The number of Topliss-reactive ketones (excluding diaryl/α,β-unsaturated/α-hetero) is 1. The molecule has 0 radical (unpaired) electrons. The van der Waals surface area contributed by atoms with Crippen LogP contribution in [-0.4, -0.2) is 45.2 Å². The second-order valence-electron chi connectivity index (χ2n) is 20.4. The van der Waals surface area contributed by atoms with Crippen LogP contribution in [0.1, 0.15) is 80.5 Å². The Kier molecular flexibility index (Phi) is 10.1. The molecular formula is C56H51ClF3NO6. The molecule has 2 spiro atoms. The van der Waals surface area contributed by atoms with Gasteiger partial charge in [-0.2, -0.15) is 13.2 Å². The number of nitrogens with zero attached hydrogens (tertiary/aromatic N) is 1. The predicted molar refractivity (Wildman–Crippen MR) is 251 cm³/mol. The van der Waals surface area contributed by atoms with Crippen LogP contribution < -0.4 is 4.74 Å². The molecule has 1 unspecified atom stereocenters. The molecule has 6 aromatic rings. The summed E-state index contributed by atoms with van der Waals surface area (Å²) in [5, 5.41) is 28.7. The number of hydrogen-bond donors (Lipinski definition) is 2. The molecule has 7 nitrogen and oxygen atoms in total. The fraction of sp³-hybridized carbons (Fsp3) is 0.357. The van der Waals surface area contributed by atoms with Gasteiger partial charge in [0.1, 0.15) is 11.5 Å². The number of halogens is 4. The molecule has 2 N–H and O–H groups in total. The van der Waals surface area contributed by atoms with Crippen molar-refractivity contribution in [2.24, 2.45) is 33.5 Å². The molecule has 3 fully saturated rings. The molecule has 0 saturated heterocycles. The van der Waals surface area contributed by atoms with Gasteiger partial charge in [0.05, 0.1) is 28.8 Å². The van der Waals surface area contributed by atoms with Crippen molar-refractivity contribution >= 4 is 45.0 Å². The fourth-order valence-electron chi connectivity index (χ4n) is 13.8. The topological polar surface area (TPSA) is 100 Å². The molecule has 6 aliphatic carbocycles. The summed E-state index contributed by atoms with van der Waals surface area (Å²) in [6.07, 6.45) is 4.71. The maximum Gasteiger partial charge on any atom is 0.416 e. The maximum absolute atomic E-state index is 15.3. The number of carbonyl (C=O) groups is 2. The molecule has 12 rings (SSSR count). The van der Waals surface area contributed by atoms with E-state index in [1.54, 1.807) is 11.0 Å². The summed E-state index contributed by atoms with van der Waals surface area (Å²) in [5.74, 6) is -0.299. The Labute approximate surface area is 391 Å². The van der Waals surface area contributed by atoms with Crippen molar-refractivity contribution in [3.8, 4) is 17.1 Å². The van der Waals surface area contributed by atoms with Gasteiger partial charge in [0, 0.05) is 33.9 Å². The van der Waals surface area contributed by atoms with Crippen LogP contribution in [0.2, 0.25) is 5.02 Å². The van der Waals surface area contributed by atoms with Crippen molar-refractivity contribution < 1.29 is 42.1 Å². The van der Waals surface area contributed by atoms with Crippen LogP contribution in [0.4, 0.5) is 18.0 Å². The highest BCUT2D eigenvalue weighted by atomic mass is 35.5. The fourth-order valence-corrected chi connectivity index (χ4v) is 14.0. The van der Waals surface area contributed by atoms with Crippen LogP contribution in [0.3, 0.4) is 0 Å². The van der Waals surface area contributed by atoms with Gasteiger partial charge >= 0.3 is 12.3 Å². The number of allylic oxidation sites excluding steroid dienone is 4. The number of furan rings is 1. The molecule has 344 valence electrons. The molecular weight excluding hydrogens is 875 g/mol. The number of carbonyl (C=O) groups excluding carboxylic acids is 2. The van der Waals surface area contributed by atoms with Crippen LogP contribution in [-0.2, 0) is 12.7 Å². The van der Waals surface area contributed by atoms with Gasteiger partial charge in [-0.1, -0.05) is 116 Å². The van der Waals surface area contributed by atoms with E-state index in [2.05, 4.69) is 32.1 Å². The normalized spacial score (nSPS) is 30.7. The molecule has 1 amide bonds. The van der Waals surface area contributed by atoms with Gasteiger partial charge in [-0.25, -0.2) is 4.79 Å². The average Bonchev–Trinajstić information content (AvgIpc) is 3.90. The minimum absolute atomic E-state index is 0.0190. The van der Waals surface area contributed by atoms with E-state index in [0.29, 0.717) is 49.8 Å². The van der Waals surface area contributed by atoms with Crippen molar-refractivity contribution in [2.45, 2.75) is 83.2 Å². The quantitative estimate of drug-likeness (QED) is 0.116. The van der Waals surface area contributed by atoms with Gasteiger partial charge in [0.2, 0.25) is 5.78 Å². The van der Waals surface area contributed by atoms with E-state index in [1.807, 2.05) is 78.9 Å². The summed E-state index contributed by atoms with van der Waals surface area (Å²) in [4.78, 5) is 31.7. The molecule has 67 heavy (non-hydrogen) atoms. The van der Waals surface area contributed by atoms with E-state index in [4.69, 9.17) is 20.8 Å². The van der Waals surface area contributed by atoms with E-state index in [-0.39, 0.29) is 58.2 Å². The minimum atomic E-state index is -4.62. The van der Waals surface area contributed by atoms with E-state index in [9.17, 15) is 28.2 Å². The standard InChI is InChI=1S/C56H51ClF3NO6/c1-51-23-20-39(62)30-53(51)26-27-55(43(31-53)49(63)46-19-18-45(67-46)42-29-38(56(58,59)60)15-17-44(42)57)47(51)21-24-52(2)48(55)22-25-54(52,65)33-61(32-37-12-7-11-35-9-5-6-13-41(35)37)50(64)66-40-16-14-34-8-3-4-10-36(34)28-40/h3-19,26-29,31,39,47-48,62,65H,20-25,30,32-33H2,1-2H3/t39?,47-,48-,51-,52+,53+,54-,55-/m1/s1. The number of fused-ring (bicyclic) bond motifs is 3. The first-order chi connectivity index (χ1) is 32.0. The summed E-state index contributed by atoms with van der Waals surface area (Å²) < 4.78 is 53.8. The highest BCUT2D eigenvalue weighted by Crippen LogP contribution is 2.78. The number of benzene rings is 5. The van der Waals surface area contributed by atoms with Crippen molar-refractivity contribution in [3.05, 3.63) is 161 Å². The number of rotatable bonds is 8. The van der Waals surface area contributed by atoms with Gasteiger partial charge in [-0.3, -0.25) is 4.79 Å². The molecule has 6 aliphatic rings. The third-order valence-corrected chi connectivity index (χ3v) is 17.6. The Morgan fingerprint density at radius 2 is 1.52 bits per heavy atom. The lowest BCUT2D eigenvalue weighted by atomic mass is 9.32. The zero-order valence-corrected chi connectivity index (χ0v) is 38.0. The zero-order valence-electron chi connectivity index (χ0n) is 37.3. The SMILES string of the molecule is C[C@]12CC[C@H]3[C@]4(C=C[C@@]5(C=C4C(=O)c4ccc(-c6cc(C(F)(F)F)ccc6Cl)o4)CC(O)CC[C@]35C)[C@@H]1CC[C@@]2(O)CN(Cc1cccc2ccccc12)C(=O)Oc1ccc2ccccc2c1. The highest BCUT2D eigenvalue weighted by Gasteiger charge is 2.74. The van der Waals surface area contributed by atoms with Crippen molar-refractivity contribution in [3.63, 3.8) is 0 Å². The Hall–Kier alpha value is -5.68. The second kappa shape index (κ2) is 15.4. The molecule has 2 bridgehead atoms. The lowest BCUT2D eigenvalue weighted by molar-refractivity contribution is -0.175. The minimum Gasteiger partial charge on any atom is -0.453 e. The van der Waals surface area contributed by atoms with E-state index in [0.717, 1.165) is 45.7 Å². The smallest absolute Gasteiger partial charge is 0.416 e. The van der Waals surface area contributed by atoms with Crippen molar-refractivity contribution in [1.29, 1.82) is 0 Å². The van der Waals surface area contributed by atoms with Crippen LogP contribution >= 0.6 is 11.6 Å². The highest BCUT2D eigenvalue weighted by molar-refractivity contribution is 6.33. The van der Waals surface area contributed by atoms with Crippen molar-refractivity contribution in [1.82, 2.24) is 4.90 Å². The molecule has 1 heterocycles. The van der Waals surface area contributed by atoms with Gasteiger partial charge in [0.25, 0.3) is 0 Å². The number of alkyl halides is 3. The molecule has 3 saturated carbocycles. The van der Waals surface area contributed by atoms with Gasteiger partial charge in [-0.15, -0.1) is 0 Å². The molecule has 11 heteroatoms. The van der Waals surface area contributed by atoms with Crippen LogP contribution in [0.25, 0.3) is 32.9 Å². The first-order valence-corrected chi connectivity index (χ1v) is 23.6. The summed E-state index contributed by atoms with van der Waals surface area (Å²) in [6.45, 7) is 4.55. The molecule has 0 aliphatic heterocycles. The van der Waals surface area contributed by atoms with Gasteiger partial charge in [-0.05, 0) is 132 Å². The third kappa shape index (κ3) is 6.67. The largest absolute Gasteiger partial charge is 0.453 e. The average molecular weight is 926 g/mol. The number of hydrogen-bond acceptors (Lipinski definition) is 6. The number of amides is 1. The van der Waals surface area contributed by atoms with E-state index < -0.39 is 45.8 Å². The number of aliphatic hydroxyl groups excluding tert-OH is 1. The Morgan fingerprint density at radius 1 is 0.806 bits per heavy atom. The zero-order chi connectivity index (χ0) is 46.7. The molecule has 8 atom stereocenters. The summed E-state index contributed by atoms with van der Waals surface area (Å²) in [7, 11) is 0. The molecule has 5 aromatic carbocycles. The Balaban J connectivity index is 0.977. The third-order valence-electron chi connectivity index (χ3n) is 17.2. The van der Waals surface area contributed by atoms with E-state index in [1.165, 1.54) is 18.2 Å². The lowest BCUT2D eigenvalue weighted by Gasteiger charge is -2.71. The lowest BCUT2D eigenvalue weighted by Crippen LogP contribution is -2.67. The maximum atomic E-state index is 15.3. The van der Waals surface area contributed by atoms with Gasteiger partial charge < -0.3 is 24.3 Å². The van der Waals surface area contributed by atoms with Gasteiger partial charge in [0.15, 0.2) is 5.76 Å². The summed E-state index contributed by atoms with van der Waals surface area (Å²) in [5.41, 5.74) is -3.50. The first-order valence-electron chi connectivity index (χ1n) is 23.3. The van der Waals surface area contributed by atoms with Crippen LogP contribution in [0.5, 0.6) is 5.75 Å². The first kappa shape index (κ1) is 43.9. The Bertz CT molecular complexity index is 3060. The summed E-state index contributed by atoms with van der Waals surface area (Å²) in [6, 6.07) is 33.4. The predicted octanol–water partition coefficient (Wildman–Crippen LogP) is 13.4. The van der Waals surface area contributed by atoms with E-state index >= 15 is 4.79 Å². The number of ether oxygens (including phenoxy) is 1.